The Morgan fingerprint density at radius 1 is 1.10 bits per heavy atom. The lowest BCUT2D eigenvalue weighted by Crippen LogP contribution is -2.12. The van der Waals surface area contributed by atoms with Gasteiger partial charge in [-0.15, -0.1) is 0 Å². The van der Waals surface area contributed by atoms with Gasteiger partial charge in [-0.3, -0.25) is 0 Å². The Labute approximate surface area is 135 Å². The van der Waals surface area contributed by atoms with Crippen molar-refractivity contribution < 1.29 is 4.74 Å². The largest absolute Gasteiger partial charge is 0.491 e. The van der Waals surface area contributed by atoms with Crippen LogP contribution < -0.4 is 10.1 Å². The Bertz CT molecular complexity index is 578. The number of hydrogen-bond donors (Lipinski definition) is 1. The third-order valence-corrected chi connectivity index (χ3v) is 3.85. The van der Waals surface area contributed by atoms with Crippen LogP contribution in [0.15, 0.2) is 46.9 Å². The Morgan fingerprint density at radius 3 is 2.48 bits per heavy atom. The van der Waals surface area contributed by atoms with Crippen LogP contribution in [0.5, 0.6) is 5.75 Å². The fraction of sp³-hybridized carbons (Fsp3) is 0.333. The first kappa shape index (κ1) is 15.9. The molecule has 1 N–H and O–H groups in total. The van der Waals surface area contributed by atoms with Crippen molar-refractivity contribution in [2.75, 3.05) is 18.5 Å². The molecule has 0 aromatic heterocycles. The molecule has 2 nitrogen and oxygen atoms in total. The second-order valence-corrected chi connectivity index (χ2v) is 6.39. The van der Waals surface area contributed by atoms with Gasteiger partial charge in [-0.2, -0.15) is 0 Å². The normalized spacial score (nSPS) is 10.7. The summed E-state index contributed by atoms with van der Waals surface area (Å²) in [6, 6.07) is 14.6. The highest BCUT2D eigenvalue weighted by molar-refractivity contribution is 9.10. The monoisotopic (exact) mass is 347 g/mol. The van der Waals surface area contributed by atoms with Crippen molar-refractivity contribution in [2.45, 2.75) is 26.7 Å². The van der Waals surface area contributed by atoms with Gasteiger partial charge in [0, 0.05) is 16.7 Å². The SMILES string of the molecule is Cc1ccc(C(C)C)c(OCCNc2ccc(Br)cc2)c1. The van der Waals surface area contributed by atoms with Crippen molar-refractivity contribution >= 4 is 21.6 Å². The topological polar surface area (TPSA) is 21.3 Å². The van der Waals surface area contributed by atoms with Gasteiger partial charge in [-0.05, 0) is 54.3 Å². The molecule has 0 saturated carbocycles. The summed E-state index contributed by atoms with van der Waals surface area (Å²) in [5.74, 6) is 1.47. The standard InChI is InChI=1S/C18H22BrNO/c1-13(2)17-9-4-14(3)12-18(17)21-11-10-20-16-7-5-15(19)6-8-16/h4-9,12-13,20H,10-11H2,1-3H3. The van der Waals surface area contributed by atoms with Gasteiger partial charge in [0.2, 0.25) is 0 Å². The van der Waals surface area contributed by atoms with Gasteiger partial charge in [0.25, 0.3) is 0 Å². The molecule has 0 aliphatic heterocycles. The van der Waals surface area contributed by atoms with E-state index in [1.165, 1.54) is 11.1 Å². The van der Waals surface area contributed by atoms with Crippen LogP contribution in [0, 0.1) is 6.92 Å². The predicted octanol–water partition coefficient (Wildman–Crippen LogP) is 5.37. The Balaban J connectivity index is 1.88. The van der Waals surface area contributed by atoms with Crippen LogP contribution >= 0.6 is 15.9 Å². The molecule has 0 spiro atoms. The summed E-state index contributed by atoms with van der Waals surface area (Å²) in [6.45, 7) is 7.92. The summed E-state index contributed by atoms with van der Waals surface area (Å²) < 4.78 is 7.04. The van der Waals surface area contributed by atoms with E-state index in [2.05, 4.69) is 72.3 Å². The second kappa shape index (κ2) is 7.51. The molecule has 2 rings (SSSR count). The first-order valence-electron chi connectivity index (χ1n) is 7.29. The van der Waals surface area contributed by atoms with Crippen LogP contribution in [0.4, 0.5) is 5.69 Å². The number of aryl methyl sites for hydroxylation is 1. The van der Waals surface area contributed by atoms with E-state index in [9.17, 15) is 0 Å². The molecule has 21 heavy (non-hydrogen) atoms. The summed E-state index contributed by atoms with van der Waals surface area (Å²) in [5.41, 5.74) is 3.61. The van der Waals surface area contributed by atoms with Crippen LogP contribution in [0.3, 0.4) is 0 Å². The van der Waals surface area contributed by atoms with Crippen LogP contribution in [0.2, 0.25) is 0 Å². The molecular formula is C18H22BrNO. The van der Waals surface area contributed by atoms with Gasteiger partial charge in [0.15, 0.2) is 0 Å². The molecule has 2 aromatic rings. The average Bonchev–Trinajstić information content (AvgIpc) is 2.45. The van der Waals surface area contributed by atoms with Gasteiger partial charge in [-0.25, -0.2) is 0 Å². The first-order chi connectivity index (χ1) is 10.1. The van der Waals surface area contributed by atoms with E-state index in [4.69, 9.17) is 4.74 Å². The lowest BCUT2D eigenvalue weighted by molar-refractivity contribution is 0.328. The highest BCUT2D eigenvalue weighted by Crippen LogP contribution is 2.27. The molecule has 0 aliphatic carbocycles. The minimum atomic E-state index is 0.472. The van der Waals surface area contributed by atoms with Crippen LogP contribution in [0.1, 0.15) is 30.9 Å². The Hall–Kier alpha value is -1.48. The smallest absolute Gasteiger partial charge is 0.123 e. The van der Waals surface area contributed by atoms with Gasteiger partial charge < -0.3 is 10.1 Å². The molecule has 0 unspecified atom stereocenters. The Morgan fingerprint density at radius 2 is 1.81 bits per heavy atom. The van der Waals surface area contributed by atoms with E-state index < -0.39 is 0 Å². The number of halogens is 1. The number of nitrogens with one attached hydrogen (secondary N) is 1. The van der Waals surface area contributed by atoms with Crippen molar-refractivity contribution in [1.29, 1.82) is 0 Å². The molecule has 0 heterocycles. The molecule has 0 atom stereocenters. The first-order valence-corrected chi connectivity index (χ1v) is 8.08. The van der Waals surface area contributed by atoms with Gasteiger partial charge in [0.1, 0.15) is 12.4 Å². The number of anilines is 1. The van der Waals surface area contributed by atoms with E-state index in [0.717, 1.165) is 22.5 Å². The number of hydrogen-bond acceptors (Lipinski definition) is 2. The summed E-state index contributed by atoms with van der Waals surface area (Å²) >= 11 is 3.43. The molecule has 0 bridgehead atoms. The zero-order valence-corrected chi connectivity index (χ0v) is 14.4. The summed E-state index contributed by atoms with van der Waals surface area (Å²) in [4.78, 5) is 0. The molecule has 0 fully saturated rings. The lowest BCUT2D eigenvalue weighted by atomic mass is 10.0. The van der Waals surface area contributed by atoms with E-state index in [1.54, 1.807) is 0 Å². The minimum Gasteiger partial charge on any atom is -0.491 e. The summed E-state index contributed by atoms with van der Waals surface area (Å²) in [6.07, 6.45) is 0. The van der Waals surface area contributed by atoms with E-state index in [0.29, 0.717) is 12.5 Å². The van der Waals surface area contributed by atoms with E-state index >= 15 is 0 Å². The van der Waals surface area contributed by atoms with Crippen molar-refractivity contribution in [2.24, 2.45) is 0 Å². The molecule has 2 aromatic carbocycles. The fourth-order valence-electron chi connectivity index (χ4n) is 2.17. The maximum atomic E-state index is 5.95. The maximum Gasteiger partial charge on any atom is 0.123 e. The highest BCUT2D eigenvalue weighted by Gasteiger charge is 2.07. The third kappa shape index (κ3) is 4.78. The minimum absolute atomic E-state index is 0.472. The molecule has 0 aliphatic rings. The number of benzene rings is 2. The van der Waals surface area contributed by atoms with Crippen molar-refractivity contribution in [3.63, 3.8) is 0 Å². The number of rotatable bonds is 6. The number of ether oxygens (including phenoxy) is 1. The van der Waals surface area contributed by atoms with E-state index in [1.807, 2.05) is 12.1 Å². The third-order valence-electron chi connectivity index (χ3n) is 3.32. The summed E-state index contributed by atoms with van der Waals surface area (Å²) in [7, 11) is 0. The van der Waals surface area contributed by atoms with Crippen LogP contribution in [0.25, 0.3) is 0 Å². The zero-order chi connectivity index (χ0) is 15.2. The molecule has 0 amide bonds. The average molecular weight is 348 g/mol. The van der Waals surface area contributed by atoms with Crippen molar-refractivity contribution in [3.05, 3.63) is 58.1 Å². The predicted molar refractivity (Wildman–Crippen MR) is 93.4 cm³/mol. The zero-order valence-electron chi connectivity index (χ0n) is 12.8. The molecular weight excluding hydrogens is 326 g/mol. The Kier molecular flexibility index (Phi) is 5.68. The van der Waals surface area contributed by atoms with Crippen LogP contribution in [-0.2, 0) is 0 Å². The molecule has 3 heteroatoms. The van der Waals surface area contributed by atoms with Crippen LogP contribution in [-0.4, -0.2) is 13.2 Å². The fourth-order valence-corrected chi connectivity index (χ4v) is 2.43. The van der Waals surface area contributed by atoms with Crippen molar-refractivity contribution in [1.82, 2.24) is 0 Å². The summed E-state index contributed by atoms with van der Waals surface area (Å²) in [5, 5.41) is 3.36. The lowest BCUT2D eigenvalue weighted by Gasteiger charge is -2.15. The molecule has 112 valence electrons. The maximum absolute atomic E-state index is 5.95. The van der Waals surface area contributed by atoms with Gasteiger partial charge in [0.05, 0.1) is 0 Å². The van der Waals surface area contributed by atoms with E-state index in [-0.39, 0.29) is 0 Å². The van der Waals surface area contributed by atoms with Gasteiger partial charge >= 0.3 is 0 Å². The van der Waals surface area contributed by atoms with Crippen molar-refractivity contribution in [3.8, 4) is 5.75 Å². The molecule has 0 radical (unpaired) electrons. The molecule has 0 saturated heterocycles. The van der Waals surface area contributed by atoms with Gasteiger partial charge in [-0.1, -0.05) is 41.9 Å². The second-order valence-electron chi connectivity index (χ2n) is 5.48. The quantitative estimate of drug-likeness (QED) is 0.709. The highest BCUT2D eigenvalue weighted by atomic mass is 79.9.